The lowest BCUT2D eigenvalue weighted by Crippen LogP contribution is -2.59. The van der Waals surface area contributed by atoms with Gasteiger partial charge in [-0.25, -0.2) is 22.9 Å². The van der Waals surface area contributed by atoms with Crippen LogP contribution in [0.15, 0.2) is 36.4 Å². The largest absolute Gasteiger partial charge is 0.443 e. The van der Waals surface area contributed by atoms with Crippen LogP contribution in [0, 0.1) is 5.92 Å². The van der Waals surface area contributed by atoms with E-state index in [4.69, 9.17) is 10.5 Å². The first-order valence-corrected chi connectivity index (χ1v) is 17.0. The minimum absolute atomic E-state index is 0.146. The predicted octanol–water partition coefficient (Wildman–Crippen LogP) is 3.52. The van der Waals surface area contributed by atoms with Gasteiger partial charge in [-0.05, 0) is 83.6 Å². The number of allylic oxidation sites excluding steroid dienone is 1. The molecule has 1 aromatic carbocycles. The number of carbonyl (C=O) groups excluding carboxylic acids is 4. The summed E-state index contributed by atoms with van der Waals surface area (Å²) in [5.41, 5.74) is 5.94. The van der Waals surface area contributed by atoms with Gasteiger partial charge in [0.1, 0.15) is 17.7 Å². The van der Waals surface area contributed by atoms with E-state index in [1.165, 1.54) is 4.90 Å². The van der Waals surface area contributed by atoms with Crippen molar-refractivity contribution in [2.75, 3.05) is 30.3 Å². The Morgan fingerprint density at radius 2 is 1.76 bits per heavy atom. The average Bonchev–Trinajstić information content (AvgIpc) is 3.41. The number of anilines is 2. The van der Waals surface area contributed by atoms with Crippen molar-refractivity contribution in [3.63, 3.8) is 0 Å². The van der Waals surface area contributed by atoms with Crippen molar-refractivity contribution < 1.29 is 32.3 Å². The van der Waals surface area contributed by atoms with Gasteiger partial charge in [0, 0.05) is 37.9 Å². The van der Waals surface area contributed by atoms with Crippen LogP contribution in [0.2, 0.25) is 0 Å². The van der Waals surface area contributed by atoms with Crippen molar-refractivity contribution >= 4 is 45.3 Å². The number of primary amides is 1. The third-order valence-corrected chi connectivity index (χ3v) is 10.4. The van der Waals surface area contributed by atoms with Crippen LogP contribution < -0.4 is 20.7 Å². The van der Waals surface area contributed by atoms with Crippen LogP contribution in [-0.2, 0) is 24.3 Å². The second-order valence-corrected chi connectivity index (χ2v) is 15.1. The van der Waals surface area contributed by atoms with Gasteiger partial charge in [0.2, 0.25) is 11.8 Å². The van der Waals surface area contributed by atoms with Crippen molar-refractivity contribution in [1.29, 1.82) is 0 Å². The summed E-state index contributed by atoms with van der Waals surface area (Å²) >= 11 is 0. The highest BCUT2D eigenvalue weighted by atomic mass is 32.2. The Balaban J connectivity index is 1.64. The number of carbonyl (C=O) groups is 4. The van der Waals surface area contributed by atoms with Crippen LogP contribution in [0.4, 0.5) is 21.0 Å². The van der Waals surface area contributed by atoms with Gasteiger partial charge in [-0.2, -0.15) is 0 Å². The molecule has 4 N–H and O–H groups in total. The zero-order valence-electron chi connectivity index (χ0n) is 26.7. The maximum absolute atomic E-state index is 14.1. The van der Waals surface area contributed by atoms with Gasteiger partial charge in [-0.1, -0.05) is 25.0 Å². The van der Waals surface area contributed by atoms with Gasteiger partial charge in [-0.3, -0.25) is 14.3 Å². The molecule has 1 saturated heterocycles. The molecule has 14 heteroatoms. The van der Waals surface area contributed by atoms with Crippen LogP contribution in [0.1, 0.15) is 72.1 Å². The maximum Gasteiger partial charge on any atom is 0.419 e. The molecule has 1 saturated carbocycles. The van der Waals surface area contributed by atoms with E-state index in [0.717, 1.165) is 12.1 Å². The molecule has 3 aliphatic rings. The van der Waals surface area contributed by atoms with Crippen molar-refractivity contribution in [1.82, 2.24) is 15.1 Å². The van der Waals surface area contributed by atoms with E-state index in [1.54, 1.807) is 45.0 Å². The molecule has 2 heterocycles. The van der Waals surface area contributed by atoms with Gasteiger partial charge in [0.05, 0.1) is 0 Å². The standard InChI is InChI=1S/C31H46N6O7S/c1-30(2,3)44-29(41)37(28(32)40)25-13-10-8-6-7-9-12-21-20-31(21,33-26(38)24-14-11-19-36(24)27(25)39)45(42,43)34-22-15-17-23(18-16-22)35(4)5/h9,12,15-18,21,24-25,34H,6-8,10-11,13-14,19-20H2,1-5H3,(H2,32,40)(H,33,38)/b12-9-. The second kappa shape index (κ2) is 13.3. The first-order chi connectivity index (χ1) is 21.1. The lowest BCUT2D eigenvalue weighted by atomic mass is 10.0. The van der Waals surface area contributed by atoms with Crippen molar-refractivity contribution in [3.8, 4) is 0 Å². The molecule has 2 fully saturated rings. The predicted molar refractivity (Wildman–Crippen MR) is 171 cm³/mol. The number of sulfonamides is 1. The van der Waals surface area contributed by atoms with Gasteiger partial charge in [-0.15, -0.1) is 0 Å². The topological polar surface area (TPSA) is 171 Å². The molecule has 0 bridgehead atoms. The molecule has 0 aromatic heterocycles. The molecule has 13 nitrogen and oxygen atoms in total. The number of rotatable bonds is 5. The Bertz CT molecular complexity index is 1420. The fraction of sp³-hybridized carbons (Fsp3) is 0.613. The molecule has 1 aliphatic carbocycles. The van der Waals surface area contributed by atoms with Gasteiger partial charge >= 0.3 is 12.1 Å². The molecular formula is C31H46N6O7S. The van der Waals surface area contributed by atoms with Crippen LogP contribution >= 0.6 is 0 Å². The van der Waals surface area contributed by atoms with Gasteiger partial charge in [0.25, 0.3) is 10.0 Å². The van der Waals surface area contributed by atoms with Crippen LogP contribution in [-0.4, -0.2) is 85.4 Å². The van der Waals surface area contributed by atoms with E-state index in [0.29, 0.717) is 42.7 Å². The first kappa shape index (κ1) is 34.1. The van der Waals surface area contributed by atoms with Crippen molar-refractivity contribution in [3.05, 3.63) is 36.4 Å². The molecule has 45 heavy (non-hydrogen) atoms. The third-order valence-electron chi connectivity index (χ3n) is 8.39. The van der Waals surface area contributed by atoms with E-state index >= 15 is 0 Å². The summed E-state index contributed by atoms with van der Waals surface area (Å²) in [6.45, 7) is 5.12. The monoisotopic (exact) mass is 646 g/mol. The number of imide groups is 1. The van der Waals surface area contributed by atoms with Gasteiger partial charge in [0.15, 0.2) is 4.87 Å². The Hall–Kier alpha value is -3.81. The molecule has 4 rings (SSSR count). The summed E-state index contributed by atoms with van der Waals surface area (Å²) in [5.74, 6) is -1.67. The summed E-state index contributed by atoms with van der Waals surface area (Å²) in [5, 5.41) is 2.80. The highest BCUT2D eigenvalue weighted by Gasteiger charge is 2.64. The number of hydrogen-bond donors (Lipinski definition) is 3. The number of urea groups is 1. The number of ether oxygens (including phenoxy) is 1. The Labute approximate surface area is 265 Å². The number of fused-ring (bicyclic) bond motifs is 2. The number of nitrogens with two attached hydrogens (primary N) is 1. The Kier molecular flexibility index (Phi) is 10.1. The molecule has 248 valence electrons. The second-order valence-electron chi connectivity index (χ2n) is 13.2. The molecule has 2 aliphatic heterocycles. The normalized spacial score (nSPS) is 26.7. The molecule has 0 spiro atoms. The van der Waals surface area contributed by atoms with Crippen LogP contribution in [0.3, 0.4) is 0 Å². The maximum atomic E-state index is 14.1. The summed E-state index contributed by atoms with van der Waals surface area (Å²) in [6, 6.07) is 3.52. The highest BCUT2D eigenvalue weighted by molar-refractivity contribution is 7.94. The molecular weight excluding hydrogens is 600 g/mol. The molecule has 1 aromatic rings. The zero-order valence-corrected chi connectivity index (χ0v) is 27.6. The molecule has 5 amide bonds. The van der Waals surface area contributed by atoms with E-state index in [-0.39, 0.29) is 19.4 Å². The molecule has 0 radical (unpaired) electrons. The van der Waals surface area contributed by atoms with Crippen LogP contribution in [0.5, 0.6) is 0 Å². The fourth-order valence-electron chi connectivity index (χ4n) is 5.95. The SMILES string of the molecule is CN(C)c1ccc(NS(=O)(=O)C23CC2/C=C\CCCCCC(N(C(N)=O)C(=O)OC(C)(C)C)C(=O)N2CCCC2C(=O)N3)cc1. The third kappa shape index (κ3) is 7.71. The van der Waals surface area contributed by atoms with E-state index < -0.39 is 62.4 Å². The number of nitrogens with one attached hydrogen (secondary N) is 2. The molecule has 4 atom stereocenters. The van der Waals surface area contributed by atoms with Crippen molar-refractivity contribution in [2.45, 2.75) is 94.7 Å². The Morgan fingerprint density at radius 3 is 2.38 bits per heavy atom. The minimum atomic E-state index is -4.13. The van der Waals surface area contributed by atoms with Crippen molar-refractivity contribution in [2.24, 2.45) is 11.7 Å². The quantitative estimate of drug-likeness (QED) is 0.408. The number of benzene rings is 1. The number of nitrogens with zero attached hydrogens (tertiary/aromatic N) is 3. The van der Waals surface area contributed by atoms with E-state index in [1.807, 2.05) is 31.1 Å². The summed E-state index contributed by atoms with van der Waals surface area (Å²) < 4.78 is 35.8. The summed E-state index contributed by atoms with van der Waals surface area (Å²) in [6.07, 6.45) is 6.42. The average molecular weight is 647 g/mol. The fourth-order valence-corrected chi connectivity index (χ4v) is 7.69. The van der Waals surface area contributed by atoms with E-state index in [9.17, 15) is 27.6 Å². The Morgan fingerprint density at radius 1 is 1.07 bits per heavy atom. The van der Waals surface area contributed by atoms with E-state index in [2.05, 4.69) is 10.0 Å². The number of amides is 5. The minimum Gasteiger partial charge on any atom is -0.443 e. The zero-order chi connectivity index (χ0) is 33.2. The summed E-state index contributed by atoms with van der Waals surface area (Å²) in [4.78, 5) is 55.8. The van der Waals surface area contributed by atoms with Crippen LogP contribution in [0.25, 0.3) is 0 Å². The highest BCUT2D eigenvalue weighted by Crippen LogP contribution is 2.50. The lowest BCUT2D eigenvalue weighted by Gasteiger charge is -2.34. The lowest BCUT2D eigenvalue weighted by molar-refractivity contribution is -0.142. The number of hydrogen-bond acceptors (Lipinski definition) is 8. The van der Waals surface area contributed by atoms with Gasteiger partial charge < -0.3 is 25.6 Å². The smallest absolute Gasteiger partial charge is 0.419 e. The first-order valence-electron chi connectivity index (χ1n) is 15.5. The molecule has 4 unspecified atom stereocenters. The summed E-state index contributed by atoms with van der Waals surface area (Å²) in [7, 11) is -0.361.